The fourth-order valence-corrected chi connectivity index (χ4v) is 5.88. The molecule has 2 unspecified atom stereocenters. The first-order chi connectivity index (χ1) is 15.1. The number of esters is 1. The van der Waals surface area contributed by atoms with Gasteiger partial charge in [-0.1, -0.05) is 24.6 Å². The van der Waals surface area contributed by atoms with Crippen molar-refractivity contribution in [3.63, 3.8) is 0 Å². The van der Waals surface area contributed by atoms with E-state index in [4.69, 9.17) is 4.74 Å². The summed E-state index contributed by atoms with van der Waals surface area (Å²) < 4.78 is 7.04. The predicted molar refractivity (Wildman–Crippen MR) is 123 cm³/mol. The minimum atomic E-state index is -0.478. The van der Waals surface area contributed by atoms with E-state index in [-0.39, 0.29) is 17.3 Å². The SMILES string of the molecule is CCN1CCC2=C(C1)SC(n1cccc1)C2CNC(=O)Nc1ccccc1C(=O)OC. The fraction of sp³-hybridized carbons (Fsp3) is 0.391. The molecule has 0 fully saturated rings. The lowest BCUT2D eigenvalue weighted by Gasteiger charge is -2.28. The summed E-state index contributed by atoms with van der Waals surface area (Å²) >= 11 is 1.91. The van der Waals surface area contributed by atoms with Crippen molar-refractivity contribution in [2.75, 3.05) is 38.6 Å². The molecule has 2 aliphatic rings. The Morgan fingerprint density at radius 1 is 1.19 bits per heavy atom. The maximum absolute atomic E-state index is 12.7. The Balaban J connectivity index is 1.46. The van der Waals surface area contributed by atoms with Crippen LogP contribution in [0.3, 0.4) is 0 Å². The number of para-hydroxylation sites is 1. The number of likely N-dealkylation sites (N-methyl/N-ethyl adjacent to an activating group) is 1. The normalized spacial score (nSPS) is 21.0. The van der Waals surface area contributed by atoms with Crippen molar-refractivity contribution in [2.45, 2.75) is 18.7 Å². The number of nitrogens with zero attached hydrogens (tertiary/aromatic N) is 2. The minimum Gasteiger partial charge on any atom is -0.465 e. The summed E-state index contributed by atoms with van der Waals surface area (Å²) in [6.45, 7) is 5.83. The zero-order valence-corrected chi connectivity index (χ0v) is 18.7. The summed E-state index contributed by atoms with van der Waals surface area (Å²) in [6, 6.07) is 10.6. The number of rotatable bonds is 6. The van der Waals surface area contributed by atoms with Crippen molar-refractivity contribution >= 4 is 29.4 Å². The molecular weight excluding hydrogens is 412 g/mol. The number of nitrogens with one attached hydrogen (secondary N) is 2. The van der Waals surface area contributed by atoms with E-state index >= 15 is 0 Å². The van der Waals surface area contributed by atoms with Gasteiger partial charge in [0.05, 0.1) is 23.7 Å². The molecule has 1 aromatic heterocycles. The molecule has 0 spiro atoms. The molecule has 2 N–H and O–H groups in total. The van der Waals surface area contributed by atoms with Crippen molar-refractivity contribution in [1.29, 1.82) is 0 Å². The Kier molecular flexibility index (Phi) is 6.67. The number of methoxy groups -OCH3 is 1. The first-order valence-electron chi connectivity index (χ1n) is 10.6. The molecule has 2 aromatic rings. The van der Waals surface area contributed by atoms with Crippen LogP contribution in [0.1, 0.15) is 29.1 Å². The van der Waals surface area contributed by atoms with Gasteiger partial charge in [-0.15, -0.1) is 11.8 Å². The lowest BCUT2D eigenvalue weighted by atomic mass is 9.93. The molecule has 0 radical (unpaired) electrons. The van der Waals surface area contributed by atoms with Crippen LogP contribution in [0.2, 0.25) is 0 Å². The number of benzene rings is 1. The van der Waals surface area contributed by atoms with Crippen LogP contribution in [0.25, 0.3) is 0 Å². The van der Waals surface area contributed by atoms with Gasteiger partial charge < -0.3 is 19.9 Å². The zero-order valence-electron chi connectivity index (χ0n) is 17.8. The van der Waals surface area contributed by atoms with Crippen LogP contribution in [0.5, 0.6) is 0 Å². The second-order valence-electron chi connectivity index (χ2n) is 7.68. The summed E-state index contributed by atoms with van der Waals surface area (Å²) in [5.74, 6) is -0.249. The van der Waals surface area contributed by atoms with Crippen molar-refractivity contribution in [3.8, 4) is 0 Å². The zero-order chi connectivity index (χ0) is 21.8. The van der Waals surface area contributed by atoms with E-state index in [9.17, 15) is 9.59 Å². The Hall–Kier alpha value is -2.71. The summed E-state index contributed by atoms with van der Waals surface area (Å²) in [4.78, 5) is 28.5. The third kappa shape index (κ3) is 4.65. The number of ether oxygens (including phenoxy) is 1. The van der Waals surface area contributed by atoms with Crippen LogP contribution in [0.4, 0.5) is 10.5 Å². The largest absolute Gasteiger partial charge is 0.465 e. The van der Waals surface area contributed by atoms with Crippen molar-refractivity contribution in [2.24, 2.45) is 5.92 Å². The van der Waals surface area contributed by atoms with Crippen LogP contribution < -0.4 is 10.6 Å². The van der Waals surface area contributed by atoms with Gasteiger partial charge in [0.2, 0.25) is 0 Å². The Labute approximate surface area is 186 Å². The van der Waals surface area contributed by atoms with Gasteiger partial charge in [-0.25, -0.2) is 9.59 Å². The number of urea groups is 1. The molecule has 4 rings (SSSR count). The quantitative estimate of drug-likeness (QED) is 0.666. The number of hydrogen-bond donors (Lipinski definition) is 2. The number of thioether (sulfide) groups is 1. The second kappa shape index (κ2) is 9.62. The molecular formula is C23H28N4O3S. The van der Waals surface area contributed by atoms with E-state index in [1.165, 1.54) is 17.6 Å². The molecule has 3 heterocycles. The maximum Gasteiger partial charge on any atom is 0.339 e. The molecule has 0 saturated carbocycles. The van der Waals surface area contributed by atoms with Gasteiger partial charge in [0.1, 0.15) is 0 Å². The highest BCUT2D eigenvalue weighted by Gasteiger charge is 2.38. The highest BCUT2D eigenvalue weighted by atomic mass is 32.2. The van der Waals surface area contributed by atoms with E-state index in [0.717, 1.165) is 26.1 Å². The van der Waals surface area contributed by atoms with Gasteiger partial charge in [0.15, 0.2) is 0 Å². The third-order valence-corrected chi connectivity index (χ3v) is 7.40. The van der Waals surface area contributed by atoms with E-state index < -0.39 is 5.97 Å². The van der Waals surface area contributed by atoms with E-state index in [1.54, 1.807) is 24.3 Å². The lowest BCUT2D eigenvalue weighted by Crippen LogP contribution is -2.37. The number of hydrogen-bond acceptors (Lipinski definition) is 5. The van der Waals surface area contributed by atoms with Crippen LogP contribution in [-0.2, 0) is 4.74 Å². The summed E-state index contributed by atoms with van der Waals surface area (Å²) in [5, 5.41) is 6.07. The van der Waals surface area contributed by atoms with Crippen molar-refractivity contribution in [1.82, 2.24) is 14.8 Å². The molecule has 2 atom stereocenters. The molecule has 164 valence electrons. The molecule has 1 aromatic carbocycles. The third-order valence-electron chi connectivity index (χ3n) is 5.91. The maximum atomic E-state index is 12.7. The van der Waals surface area contributed by atoms with E-state index in [1.807, 2.05) is 23.9 Å². The topological polar surface area (TPSA) is 75.6 Å². The predicted octanol–water partition coefficient (Wildman–Crippen LogP) is 3.94. The van der Waals surface area contributed by atoms with Crippen LogP contribution in [-0.4, -0.2) is 54.8 Å². The second-order valence-corrected chi connectivity index (χ2v) is 8.90. The van der Waals surface area contributed by atoms with Crippen LogP contribution in [0.15, 0.2) is 59.3 Å². The summed E-state index contributed by atoms with van der Waals surface area (Å²) in [5.41, 5.74) is 2.23. The number of anilines is 1. The number of carbonyl (C=O) groups excluding carboxylic acids is 2. The molecule has 0 aliphatic carbocycles. The molecule has 2 amide bonds. The van der Waals surface area contributed by atoms with Crippen molar-refractivity contribution in [3.05, 3.63) is 64.8 Å². The fourth-order valence-electron chi connectivity index (χ4n) is 4.24. The van der Waals surface area contributed by atoms with Gasteiger partial charge in [0.25, 0.3) is 0 Å². The average molecular weight is 441 g/mol. The van der Waals surface area contributed by atoms with Gasteiger partial charge >= 0.3 is 12.0 Å². The first-order valence-corrected chi connectivity index (χ1v) is 11.4. The Bertz CT molecular complexity index is 973. The van der Waals surface area contributed by atoms with E-state index in [2.05, 4.69) is 39.4 Å². The molecule has 2 aliphatic heterocycles. The lowest BCUT2D eigenvalue weighted by molar-refractivity contribution is 0.0602. The smallest absolute Gasteiger partial charge is 0.339 e. The van der Waals surface area contributed by atoms with Crippen LogP contribution >= 0.6 is 11.8 Å². The van der Waals surface area contributed by atoms with Gasteiger partial charge in [-0.3, -0.25) is 4.90 Å². The average Bonchev–Trinajstić information content (AvgIpc) is 3.44. The summed E-state index contributed by atoms with van der Waals surface area (Å²) in [6.07, 6.45) is 5.22. The highest BCUT2D eigenvalue weighted by molar-refractivity contribution is 8.03. The van der Waals surface area contributed by atoms with Gasteiger partial charge in [-0.05, 0) is 37.2 Å². The molecule has 31 heavy (non-hydrogen) atoms. The van der Waals surface area contributed by atoms with E-state index in [0.29, 0.717) is 17.8 Å². The van der Waals surface area contributed by atoms with Gasteiger partial charge in [0, 0.05) is 42.9 Å². The molecule has 8 heteroatoms. The van der Waals surface area contributed by atoms with Crippen LogP contribution in [0, 0.1) is 5.92 Å². The molecule has 0 bridgehead atoms. The minimum absolute atomic E-state index is 0.230. The summed E-state index contributed by atoms with van der Waals surface area (Å²) in [7, 11) is 1.33. The van der Waals surface area contributed by atoms with Crippen molar-refractivity contribution < 1.29 is 14.3 Å². The Morgan fingerprint density at radius 3 is 2.71 bits per heavy atom. The first kappa shape index (κ1) is 21.5. The number of aromatic nitrogens is 1. The Morgan fingerprint density at radius 2 is 1.97 bits per heavy atom. The standard InChI is InChI=1S/C23H28N4O3S/c1-3-26-13-10-16-18(21(31-20(16)15-26)27-11-6-7-12-27)14-24-23(29)25-19-9-5-4-8-17(19)22(28)30-2/h4-9,11-12,18,21H,3,10,13-15H2,1-2H3,(H2,24,25,29). The number of carbonyl (C=O) groups is 2. The molecule has 7 nitrogen and oxygen atoms in total. The number of amides is 2. The molecule has 0 saturated heterocycles. The highest BCUT2D eigenvalue weighted by Crippen LogP contribution is 2.51. The monoisotopic (exact) mass is 440 g/mol. The van der Waals surface area contributed by atoms with Gasteiger partial charge in [-0.2, -0.15) is 0 Å².